The van der Waals surface area contributed by atoms with Crippen molar-refractivity contribution in [3.05, 3.63) is 95.8 Å². The molecule has 1 heterocycles. The minimum atomic E-state index is 0.103. The monoisotopic (exact) mass is 374 g/mol. The topological polar surface area (TPSA) is 42.4 Å². The molecule has 3 rings (SSSR count). The van der Waals surface area contributed by atoms with Crippen LogP contribution in [0, 0.1) is 0 Å². The normalized spacial score (nSPS) is 10.5. The van der Waals surface area contributed by atoms with Gasteiger partial charge < -0.3 is 9.64 Å². The maximum Gasteiger partial charge on any atom is 0.227 e. The smallest absolute Gasteiger partial charge is 0.227 e. The van der Waals surface area contributed by atoms with Gasteiger partial charge in [-0.05, 0) is 48.7 Å². The highest BCUT2D eigenvalue weighted by Gasteiger charge is 2.15. The largest absolute Gasteiger partial charge is 0.494 e. The van der Waals surface area contributed by atoms with E-state index in [-0.39, 0.29) is 5.91 Å². The Morgan fingerprint density at radius 3 is 2.36 bits per heavy atom. The average molecular weight is 374 g/mol. The van der Waals surface area contributed by atoms with E-state index >= 15 is 0 Å². The van der Waals surface area contributed by atoms with Gasteiger partial charge in [0.1, 0.15) is 5.75 Å². The Kier molecular flexibility index (Phi) is 7.19. The van der Waals surface area contributed by atoms with E-state index in [2.05, 4.69) is 17.1 Å². The molecule has 144 valence electrons. The van der Waals surface area contributed by atoms with Gasteiger partial charge in [0, 0.05) is 12.7 Å². The molecule has 0 bridgehead atoms. The molecule has 0 unspecified atom stereocenters. The van der Waals surface area contributed by atoms with Gasteiger partial charge in [-0.2, -0.15) is 0 Å². The SMILES string of the molecule is CCOc1ccc(CC(=O)N(CCc2ccccc2)Cc2ccccn2)cc1. The van der Waals surface area contributed by atoms with Crippen LogP contribution in [0.25, 0.3) is 0 Å². The van der Waals surface area contributed by atoms with Crippen molar-refractivity contribution in [3.8, 4) is 5.75 Å². The lowest BCUT2D eigenvalue weighted by molar-refractivity contribution is -0.131. The molecule has 28 heavy (non-hydrogen) atoms. The molecule has 0 spiro atoms. The van der Waals surface area contributed by atoms with Crippen LogP contribution in [-0.2, 0) is 24.2 Å². The molecule has 0 aliphatic carbocycles. The van der Waals surface area contributed by atoms with Crippen LogP contribution >= 0.6 is 0 Å². The number of nitrogens with zero attached hydrogens (tertiary/aromatic N) is 2. The molecule has 0 saturated carbocycles. The first-order chi connectivity index (χ1) is 13.7. The van der Waals surface area contributed by atoms with E-state index in [4.69, 9.17) is 4.74 Å². The van der Waals surface area contributed by atoms with Crippen molar-refractivity contribution >= 4 is 5.91 Å². The molecular weight excluding hydrogens is 348 g/mol. The van der Waals surface area contributed by atoms with Gasteiger partial charge in [-0.3, -0.25) is 9.78 Å². The van der Waals surface area contributed by atoms with Crippen LogP contribution in [0.1, 0.15) is 23.7 Å². The summed E-state index contributed by atoms with van der Waals surface area (Å²) in [7, 11) is 0. The molecule has 0 aliphatic rings. The second-order valence-corrected chi connectivity index (χ2v) is 6.63. The predicted molar refractivity (Wildman–Crippen MR) is 111 cm³/mol. The lowest BCUT2D eigenvalue weighted by atomic mass is 10.1. The number of aromatic nitrogens is 1. The summed E-state index contributed by atoms with van der Waals surface area (Å²) in [6.45, 7) is 3.77. The van der Waals surface area contributed by atoms with E-state index < -0.39 is 0 Å². The maximum atomic E-state index is 13.0. The second kappa shape index (κ2) is 10.3. The van der Waals surface area contributed by atoms with Gasteiger partial charge in [0.2, 0.25) is 5.91 Å². The lowest BCUT2D eigenvalue weighted by Gasteiger charge is -2.23. The summed E-state index contributed by atoms with van der Waals surface area (Å²) in [6.07, 6.45) is 2.96. The minimum Gasteiger partial charge on any atom is -0.494 e. The van der Waals surface area contributed by atoms with Gasteiger partial charge in [0.15, 0.2) is 0 Å². The van der Waals surface area contributed by atoms with E-state index in [0.29, 0.717) is 26.1 Å². The lowest BCUT2D eigenvalue weighted by Crippen LogP contribution is -2.34. The molecule has 2 aromatic carbocycles. The van der Waals surface area contributed by atoms with Crippen LogP contribution in [0.15, 0.2) is 79.0 Å². The third-order valence-corrected chi connectivity index (χ3v) is 4.53. The van der Waals surface area contributed by atoms with Crippen LogP contribution in [0.2, 0.25) is 0 Å². The second-order valence-electron chi connectivity index (χ2n) is 6.63. The maximum absolute atomic E-state index is 13.0. The molecule has 0 N–H and O–H groups in total. The summed E-state index contributed by atoms with van der Waals surface area (Å²) < 4.78 is 5.48. The van der Waals surface area contributed by atoms with Gasteiger partial charge in [-0.15, -0.1) is 0 Å². The van der Waals surface area contributed by atoms with Crippen LogP contribution in [0.4, 0.5) is 0 Å². The fourth-order valence-electron chi connectivity index (χ4n) is 3.04. The summed E-state index contributed by atoms with van der Waals surface area (Å²) in [5.41, 5.74) is 3.11. The van der Waals surface area contributed by atoms with E-state index in [0.717, 1.165) is 23.4 Å². The molecule has 0 fully saturated rings. The Labute approximate surface area is 166 Å². The molecule has 0 atom stereocenters. The van der Waals surface area contributed by atoms with Crippen molar-refractivity contribution in [3.63, 3.8) is 0 Å². The third kappa shape index (κ3) is 5.95. The van der Waals surface area contributed by atoms with Crippen LogP contribution < -0.4 is 4.74 Å². The Bertz CT molecular complexity index is 849. The average Bonchev–Trinajstić information content (AvgIpc) is 2.74. The van der Waals surface area contributed by atoms with Crippen LogP contribution in [0.5, 0.6) is 5.75 Å². The van der Waals surface area contributed by atoms with E-state index in [1.54, 1.807) is 6.20 Å². The molecule has 3 aromatic rings. The first-order valence-electron chi connectivity index (χ1n) is 9.68. The number of hydrogen-bond donors (Lipinski definition) is 0. The zero-order valence-corrected chi connectivity index (χ0v) is 16.3. The number of carbonyl (C=O) groups is 1. The van der Waals surface area contributed by atoms with E-state index in [1.165, 1.54) is 5.56 Å². The molecule has 1 aromatic heterocycles. The molecule has 4 heteroatoms. The Balaban J connectivity index is 1.68. The van der Waals surface area contributed by atoms with Gasteiger partial charge in [0.05, 0.1) is 25.3 Å². The molecule has 0 saturated heterocycles. The Morgan fingerprint density at radius 2 is 1.68 bits per heavy atom. The highest BCUT2D eigenvalue weighted by Crippen LogP contribution is 2.14. The predicted octanol–water partition coefficient (Wildman–Crippen LogP) is 4.29. The van der Waals surface area contributed by atoms with Crippen molar-refractivity contribution < 1.29 is 9.53 Å². The zero-order chi connectivity index (χ0) is 19.6. The minimum absolute atomic E-state index is 0.103. The van der Waals surface area contributed by atoms with Gasteiger partial charge in [0.25, 0.3) is 0 Å². The fourth-order valence-corrected chi connectivity index (χ4v) is 3.04. The summed E-state index contributed by atoms with van der Waals surface area (Å²) >= 11 is 0. The molecule has 1 amide bonds. The van der Waals surface area contributed by atoms with Gasteiger partial charge in [-0.1, -0.05) is 48.5 Å². The number of pyridine rings is 1. The van der Waals surface area contributed by atoms with Crippen molar-refractivity contribution in [2.45, 2.75) is 26.3 Å². The first-order valence-corrected chi connectivity index (χ1v) is 9.68. The summed E-state index contributed by atoms with van der Waals surface area (Å²) in [6, 6.07) is 23.8. The van der Waals surface area contributed by atoms with Gasteiger partial charge >= 0.3 is 0 Å². The quantitative estimate of drug-likeness (QED) is 0.561. The Hall–Kier alpha value is -3.14. The summed E-state index contributed by atoms with van der Waals surface area (Å²) in [4.78, 5) is 19.3. The fraction of sp³-hybridized carbons (Fsp3) is 0.250. The van der Waals surface area contributed by atoms with Crippen LogP contribution in [0.3, 0.4) is 0 Å². The highest BCUT2D eigenvalue weighted by molar-refractivity contribution is 5.78. The van der Waals surface area contributed by atoms with Crippen molar-refractivity contribution in [2.24, 2.45) is 0 Å². The zero-order valence-electron chi connectivity index (χ0n) is 16.3. The summed E-state index contributed by atoms with van der Waals surface area (Å²) in [5, 5.41) is 0. The van der Waals surface area contributed by atoms with Crippen molar-refractivity contribution in [2.75, 3.05) is 13.2 Å². The number of ether oxygens (including phenoxy) is 1. The molecule has 0 radical (unpaired) electrons. The van der Waals surface area contributed by atoms with Crippen molar-refractivity contribution in [1.82, 2.24) is 9.88 Å². The first kappa shape index (κ1) is 19.6. The molecule has 4 nitrogen and oxygen atoms in total. The Morgan fingerprint density at radius 1 is 0.929 bits per heavy atom. The third-order valence-electron chi connectivity index (χ3n) is 4.53. The van der Waals surface area contributed by atoms with Gasteiger partial charge in [-0.25, -0.2) is 0 Å². The van der Waals surface area contributed by atoms with Crippen LogP contribution in [-0.4, -0.2) is 28.9 Å². The molecular formula is C24H26N2O2. The number of hydrogen-bond acceptors (Lipinski definition) is 3. The van der Waals surface area contributed by atoms with E-state index in [9.17, 15) is 4.79 Å². The number of benzene rings is 2. The number of carbonyl (C=O) groups excluding carboxylic acids is 1. The van der Waals surface area contributed by atoms with E-state index in [1.807, 2.05) is 72.5 Å². The number of rotatable bonds is 9. The number of amides is 1. The summed E-state index contributed by atoms with van der Waals surface area (Å²) in [5.74, 6) is 0.930. The highest BCUT2D eigenvalue weighted by atomic mass is 16.5. The van der Waals surface area contributed by atoms with Crippen molar-refractivity contribution in [1.29, 1.82) is 0 Å². The molecule has 0 aliphatic heterocycles. The standard InChI is InChI=1S/C24H26N2O2/c1-2-28-23-13-11-21(12-14-23)18-24(27)26(19-22-10-6-7-16-25-22)17-15-20-8-4-3-5-9-20/h3-14,16H,2,15,17-19H2,1H3.